The second-order valence-corrected chi connectivity index (χ2v) is 4.89. The number of carbonyl (C=O) groups is 1. The highest BCUT2D eigenvalue weighted by Crippen LogP contribution is 2.28. The average molecular weight is 185 g/mol. The maximum atomic E-state index is 12.0. The van der Waals surface area contributed by atoms with Crippen molar-refractivity contribution in [3.05, 3.63) is 0 Å². The number of amides is 1. The van der Waals surface area contributed by atoms with Crippen molar-refractivity contribution < 1.29 is 4.79 Å². The Morgan fingerprint density at radius 2 is 1.54 bits per heavy atom. The molecule has 2 heteroatoms. The van der Waals surface area contributed by atoms with E-state index in [1.54, 1.807) is 0 Å². The van der Waals surface area contributed by atoms with E-state index in [0.717, 1.165) is 0 Å². The van der Waals surface area contributed by atoms with Crippen molar-refractivity contribution in [1.29, 1.82) is 0 Å². The van der Waals surface area contributed by atoms with Crippen molar-refractivity contribution in [1.82, 2.24) is 4.90 Å². The van der Waals surface area contributed by atoms with Crippen LogP contribution in [-0.2, 0) is 4.79 Å². The quantitative estimate of drug-likeness (QED) is 0.661. The van der Waals surface area contributed by atoms with Gasteiger partial charge in [0, 0.05) is 18.5 Å². The summed E-state index contributed by atoms with van der Waals surface area (Å²) in [6.45, 7) is 12.3. The van der Waals surface area contributed by atoms with E-state index >= 15 is 0 Å². The molecule has 0 aliphatic carbocycles. The lowest BCUT2D eigenvalue weighted by Crippen LogP contribution is -2.44. The van der Waals surface area contributed by atoms with Crippen molar-refractivity contribution in [3.8, 4) is 0 Å². The molecule has 0 heterocycles. The lowest BCUT2D eigenvalue weighted by atomic mass is 9.80. The predicted molar refractivity (Wildman–Crippen MR) is 56.5 cm³/mol. The summed E-state index contributed by atoms with van der Waals surface area (Å²) in [4.78, 5) is 13.8. The maximum Gasteiger partial charge on any atom is 0.228 e. The highest BCUT2D eigenvalue weighted by atomic mass is 16.2. The van der Waals surface area contributed by atoms with Gasteiger partial charge >= 0.3 is 0 Å². The number of rotatable bonds is 3. The van der Waals surface area contributed by atoms with Crippen LogP contribution in [0.1, 0.15) is 41.5 Å². The van der Waals surface area contributed by atoms with Crippen LogP contribution in [0.2, 0.25) is 0 Å². The van der Waals surface area contributed by atoms with E-state index in [1.807, 2.05) is 39.6 Å². The van der Waals surface area contributed by atoms with Crippen LogP contribution in [-0.4, -0.2) is 23.9 Å². The molecule has 0 radical (unpaired) electrons. The van der Waals surface area contributed by atoms with Gasteiger partial charge in [-0.15, -0.1) is 0 Å². The van der Waals surface area contributed by atoms with Gasteiger partial charge in [0.1, 0.15) is 0 Å². The van der Waals surface area contributed by atoms with Gasteiger partial charge in [0.2, 0.25) is 5.91 Å². The molecule has 0 unspecified atom stereocenters. The Morgan fingerprint density at radius 3 is 1.77 bits per heavy atom. The summed E-state index contributed by atoms with van der Waals surface area (Å²) in [7, 11) is 1.87. The smallest absolute Gasteiger partial charge is 0.228 e. The van der Waals surface area contributed by atoms with Crippen molar-refractivity contribution in [2.45, 2.75) is 47.6 Å². The monoisotopic (exact) mass is 185 g/mol. The molecule has 13 heavy (non-hydrogen) atoms. The second kappa shape index (κ2) is 4.12. The maximum absolute atomic E-state index is 12.0. The Balaban J connectivity index is 4.59. The van der Waals surface area contributed by atoms with Crippen molar-refractivity contribution in [2.24, 2.45) is 11.3 Å². The number of hydrogen-bond donors (Lipinski definition) is 0. The topological polar surface area (TPSA) is 20.3 Å². The van der Waals surface area contributed by atoms with E-state index in [9.17, 15) is 4.79 Å². The van der Waals surface area contributed by atoms with E-state index < -0.39 is 0 Å². The number of nitrogens with zero attached hydrogens (tertiary/aromatic N) is 1. The van der Waals surface area contributed by atoms with Gasteiger partial charge in [-0.2, -0.15) is 0 Å². The summed E-state index contributed by atoms with van der Waals surface area (Å²) < 4.78 is 0. The molecule has 0 aromatic heterocycles. The first-order chi connectivity index (χ1) is 5.71. The van der Waals surface area contributed by atoms with Gasteiger partial charge in [0.05, 0.1) is 0 Å². The Labute approximate surface area is 82.3 Å². The van der Waals surface area contributed by atoms with Gasteiger partial charge in [-0.25, -0.2) is 0 Å². The van der Waals surface area contributed by atoms with Crippen molar-refractivity contribution in [3.63, 3.8) is 0 Å². The average Bonchev–Trinajstić information content (AvgIpc) is 2.01. The highest BCUT2D eigenvalue weighted by Gasteiger charge is 2.34. The minimum absolute atomic E-state index is 0.234. The molecule has 0 spiro atoms. The molecule has 0 atom stereocenters. The minimum atomic E-state index is -0.251. The molecule has 0 aromatic rings. The van der Waals surface area contributed by atoms with Gasteiger partial charge < -0.3 is 4.90 Å². The fourth-order valence-electron chi connectivity index (χ4n) is 0.936. The molecule has 0 bridgehead atoms. The largest absolute Gasteiger partial charge is 0.343 e. The van der Waals surface area contributed by atoms with E-state index in [2.05, 4.69) is 13.8 Å². The third-order valence-corrected chi connectivity index (χ3v) is 3.09. The van der Waals surface area contributed by atoms with Gasteiger partial charge in [0.15, 0.2) is 0 Å². The van der Waals surface area contributed by atoms with Crippen molar-refractivity contribution >= 4 is 5.91 Å². The summed E-state index contributed by atoms with van der Waals surface area (Å²) >= 11 is 0. The fourth-order valence-corrected chi connectivity index (χ4v) is 0.936. The second-order valence-electron chi connectivity index (χ2n) is 4.89. The molecular formula is C11H23NO. The fraction of sp³-hybridized carbons (Fsp3) is 0.909. The van der Waals surface area contributed by atoms with Gasteiger partial charge in [-0.1, -0.05) is 27.7 Å². The van der Waals surface area contributed by atoms with Crippen LogP contribution >= 0.6 is 0 Å². The van der Waals surface area contributed by atoms with Crippen LogP contribution < -0.4 is 0 Å². The van der Waals surface area contributed by atoms with E-state index in [0.29, 0.717) is 5.92 Å². The molecular weight excluding hydrogens is 162 g/mol. The Morgan fingerprint density at radius 1 is 1.15 bits per heavy atom. The number of carbonyl (C=O) groups excluding carboxylic acids is 1. The van der Waals surface area contributed by atoms with E-state index in [4.69, 9.17) is 0 Å². The molecule has 78 valence electrons. The normalized spacial score (nSPS) is 12.4. The molecule has 0 aliphatic heterocycles. The molecule has 0 aromatic carbocycles. The first kappa shape index (κ1) is 12.5. The zero-order valence-corrected chi connectivity index (χ0v) is 10.0. The molecule has 0 N–H and O–H groups in total. The molecule has 0 saturated carbocycles. The van der Waals surface area contributed by atoms with Gasteiger partial charge in [0.25, 0.3) is 0 Å². The number of hydrogen-bond acceptors (Lipinski definition) is 1. The zero-order valence-electron chi connectivity index (χ0n) is 10.0. The molecule has 0 saturated heterocycles. The van der Waals surface area contributed by atoms with Crippen LogP contribution in [0.5, 0.6) is 0 Å². The van der Waals surface area contributed by atoms with E-state index in [1.165, 1.54) is 0 Å². The summed E-state index contributed by atoms with van der Waals surface area (Å²) in [5.74, 6) is 0.610. The third-order valence-electron chi connectivity index (χ3n) is 3.09. The van der Waals surface area contributed by atoms with E-state index in [-0.39, 0.29) is 17.4 Å². The SMILES string of the molecule is CC(C)N(C)C(=O)C(C)(C)C(C)C. The first-order valence-corrected chi connectivity index (χ1v) is 4.98. The van der Waals surface area contributed by atoms with Gasteiger partial charge in [-0.05, 0) is 19.8 Å². The minimum Gasteiger partial charge on any atom is -0.343 e. The lowest BCUT2D eigenvalue weighted by Gasteiger charge is -2.34. The van der Waals surface area contributed by atoms with Crippen LogP contribution in [0.25, 0.3) is 0 Å². The summed E-state index contributed by atoms with van der Waals surface area (Å²) in [5.41, 5.74) is -0.251. The Kier molecular flexibility index (Phi) is 3.95. The Bertz CT molecular complexity index is 183. The molecule has 2 nitrogen and oxygen atoms in total. The first-order valence-electron chi connectivity index (χ1n) is 4.98. The predicted octanol–water partition coefficient (Wildman–Crippen LogP) is 2.54. The molecule has 0 aliphatic rings. The molecule has 0 rings (SSSR count). The van der Waals surface area contributed by atoms with Crippen LogP contribution in [0.4, 0.5) is 0 Å². The molecule has 1 amide bonds. The van der Waals surface area contributed by atoms with Crippen LogP contribution in [0.15, 0.2) is 0 Å². The standard InChI is InChI=1S/C11H23NO/c1-8(2)11(5,6)10(13)12(7)9(3)4/h8-9H,1-7H3. The van der Waals surface area contributed by atoms with Gasteiger partial charge in [-0.3, -0.25) is 4.79 Å². The van der Waals surface area contributed by atoms with Crippen LogP contribution in [0, 0.1) is 11.3 Å². The summed E-state index contributed by atoms with van der Waals surface area (Å²) in [6, 6.07) is 0.283. The van der Waals surface area contributed by atoms with Crippen LogP contribution in [0.3, 0.4) is 0 Å². The summed E-state index contributed by atoms with van der Waals surface area (Å²) in [5, 5.41) is 0. The van der Waals surface area contributed by atoms with Crippen molar-refractivity contribution in [2.75, 3.05) is 7.05 Å². The Hall–Kier alpha value is -0.530. The third kappa shape index (κ3) is 2.71. The zero-order chi connectivity index (χ0) is 10.8. The lowest BCUT2D eigenvalue weighted by molar-refractivity contribution is -0.142. The highest BCUT2D eigenvalue weighted by molar-refractivity contribution is 5.82. The molecule has 0 fully saturated rings. The summed E-state index contributed by atoms with van der Waals surface area (Å²) in [6.07, 6.45) is 0.